The van der Waals surface area contributed by atoms with Gasteiger partial charge in [0.15, 0.2) is 11.3 Å². The second-order valence-corrected chi connectivity index (χ2v) is 8.70. The number of hydrogen-bond donors (Lipinski definition) is 2. The van der Waals surface area contributed by atoms with Crippen LogP contribution in [-0.4, -0.2) is 26.4 Å². The summed E-state index contributed by atoms with van der Waals surface area (Å²) >= 11 is 0. The molecule has 166 valence electrons. The van der Waals surface area contributed by atoms with E-state index < -0.39 is 17.3 Å². The lowest BCUT2D eigenvalue weighted by Gasteiger charge is -2.31. The zero-order valence-corrected chi connectivity index (χ0v) is 18.3. The van der Waals surface area contributed by atoms with Crippen molar-refractivity contribution >= 4 is 16.9 Å². The van der Waals surface area contributed by atoms with Gasteiger partial charge in [0.1, 0.15) is 17.9 Å². The Morgan fingerprint density at radius 2 is 2.09 bits per heavy atom. The predicted molar refractivity (Wildman–Crippen MR) is 118 cm³/mol. The summed E-state index contributed by atoms with van der Waals surface area (Å²) in [7, 11) is 0. The first kappa shape index (κ1) is 20.7. The topological polar surface area (TPSA) is 117 Å². The third kappa shape index (κ3) is 2.87. The average molecular weight is 435 g/mol. The van der Waals surface area contributed by atoms with E-state index >= 15 is 0 Å². The minimum Gasteiger partial charge on any atom is -0.471 e. The van der Waals surface area contributed by atoms with E-state index in [0.29, 0.717) is 46.7 Å². The van der Waals surface area contributed by atoms with Crippen LogP contribution < -0.4 is 16.0 Å². The summed E-state index contributed by atoms with van der Waals surface area (Å²) in [6.45, 7) is 5.65. The van der Waals surface area contributed by atoms with Crippen LogP contribution in [-0.2, 0) is 28.3 Å². The zero-order valence-electron chi connectivity index (χ0n) is 18.3. The summed E-state index contributed by atoms with van der Waals surface area (Å²) in [5.74, 6) is -0.177. The maximum atomic E-state index is 13.3. The molecule has 0 amide bonds. The molecule has 1 aromatic carbocycles. The number of aromatic nitrogens is 2. The first-order valence-corrected chi connectivity index (χ1v) is 10.8. The molecule has 0 spiro atoms. The van der Waals surface area contributed by atoms with Gasteiger partial charge in [-0.25, -0.2) is 9.78 Å². The lowest BCUT2D eigenvalue weighted by atomic mass is 9.86. The number of carbonyl (C=O) groups is 1. The highest BCUT2D eigenvalue weighted by Crippen LogP contribution is 2.39. The third-order valence-corrected chi connectivity index (χ3v) is 6.55. The molecule has 0 radical (unpaired) electrons. The van der Waals surface area contributed by atoms with E-state index in [2.05, 4.69) is 0 Å². The number of ether oxygens (including phenoxy) is 2. The number of para-hydroxylation sites is 1. The molecule has 0 saturated heterocycles. The highest BCUT2D eigenvalue weighted by Gasteiger charge is 2.45. The number of benzene rings is 1. The summed E-state index contributed by atoms with van der Waals surface area (Å²) in [6, 6.07) is 9.34. The van der Waals surface area contributed by atoms with E-state index in [0.717, 1.165) is 10.9 Å². The first-order valence-electron chi connectivity index (χ1n) is 10.8. The smallest absolute Gasteiger partial charge is 0.343 e. The maximum Gasteiger partial charge on any atom is 0.343 e. The fourth-order valence-electron chi connectivity index (χ4n) is 4.39. The van der Waals surface area contributed by atoms with Crippen molar-refractivity contribution in [2.45, 2.75) is 58.1 Å². The molecule has 0 aliphatic carbocycles. The number of cyclic esters (lactones) is 1. The maximum absolute atomic E-state index is 13.3. The van der Waals surface area contributed by atoms with Gasteiger partial charge in [0, 0.05) is 16.5 Å². The van der Waals surface area contributed by atoms with Crippen LogP contribution in [0.3, 0.4) is 0 Å². The number of nitrogens with zero attached hydrogens (tertiary/aromatic N) is 2. The van der Waals surface area contributed by atoms with Crippen LogP contribution in [0.5, 0.6) is 5.75 Å². The molecule has 1 unspecified atom stereocenters. The molecule has 2 aliphatic heterocycles. The number of esters is 1. The van der Waals surface area contributed by atoms with Gasteiger partial charge < -0.3 is 19.1 Å². The Morgan fingerprint density at radius 3 is 2.81 bits per heavy atom. The SMILES string of the molecule is CCC(C)(N)Oc1cccc2cc3c(nc12)-c1cc2c(c(=O)n1C3)COC(=O)[C@]2(O)CC. The van der Waals surface area contributed by atoms with Crippen LogP contribution in [0.25, 0.3) is 22.3 Å². The molecule has 4 heterocycles. The van der Waals surface area contributed by atoms with Gasteiger partial charge >= 0.3 is 5.97 Å². The monoisotopic (exact) mass is 435 g/mol. The number of aliphatic hydroxyl groups is 1. The predicted octanol–water partition coefficient (Wildman–Crippen LogP) is 2.54. The third-order valence-electron chi connectivity index (χ3n) is 6.55. The molecule has 3 N–H and O–H groups in total. The van der Waals surface area contributed by atoms with Gasteiger partial charge in [-0.1, -0.05) is 26.0 Å². The van der Waals surface area contributed by atoms with Crippen LogP contribution >= 0.6 is 0 Å². The molecular weight excluding hydrogens is 410 g/mol. The van der Waals surface area contributed by atoms with Crippen molar-refractivity contribution in [2.75, 3.05) is 0 Å². The van der Waals surface area contributed by atoms with Crippen LogP contribution in [0, 0.1) is 0 Å². The fourth-order valence-corrected chi connectivity index (χ4v) is 4.39. The quantitative estimate of drug-likeness (QED) is 0.374. The van der Waals surface area contributed by atoms with Gasteiger partial charge in [0.2, 0.25) is 0 Å². The second-order valence-electron chi connectivity index (χ2n) is 8.70. The number of pyridine rings is 2. The lowest BCUT2D eigenvalue weighted by Crippen LogP contribution is -2.44. The van der Waals surface area contributed by atoms with E-state index in [4.69, 9.17) is 20.2 Å². The van der Waals surface area contributed by atoms with Crippen molar-refractivity contribution in [1.82, 2.24) is 9.55 Å². The van der Waals surface area contributed by atoms with Gasteiger partial charge in [-0.05, 0) is 38.0 Å². The van der Waals surface area contributed by atoms with E-state index in [1.807, 2.05) is 38.1 Å². The molecule has 32 heavy (non-hydrogen) atoms. The molecule has 0 bridgehead atoms. The Bertz CT molecular complexity index is 1340. The van der Waals surface area contributed by atoms with Gasteiger partial charge in [0.05, 0.1) is 23.5 Å². The normalized spacial score (nSPS) is 20.8. The molecule has 0 fully saturated rings. The number of rotatable bonds is 4. The molecule has 0 saturated carbocycles. The standard InChI is InChI=1S/C24H25N3O5/c1-4-23(3,25)32-18-8-6-7-13-9-14-11-27-17(19(14)26-20(13)18)10-16-15(21(27)28)12-31-22(29)24(16,30)5-2/h6-10,30H,4-5,11-12,25H2,1-3H3/t23?,24-/m0/s1. The van der Waals surface area contributed by atoms with E-state index in [1.165, 1.54) is 0 Å². The molecule has 2 atom stereocenters. The molecule has 2 aromatic heterocycles. The molecular formula is C24H25N3O5. The number of nitrogens with two attached hydrogens (primary N) is 1. The van der Waals surface area contributed by atoms with Crippen molar-refractivity contribution in [3.63, 3.8) is 0 Å². The highest BCUT2D eigenvalue weighted by molar-refractivity contribution is 5.89. The fraction of sp³-hybridized carbons (Fsp3) is 0.375. The number of carbonyl (C=O) groups excluding carboxylic acids is 1. The van der Waals surface area contributed by atoms with E-state index in [-0.39, 0.29) is 18.6 Å². The van der Waals surface area contributed by atoms with E-state index in [1.54, 1.807) is 17.6 Å². The van der Waals surface area contributed by atoms with E-state index in [9.17, 15) is 14.7 Å². The van der Waals surface area contributed by atoms with Crippen LogP contribution in [0.15, 0.2) is 35.1 Å². The Hall–Kier alpha value is -3.23. The highest BCUT2D eigenvalue weighted by atomic mass is 16.6. The molecule has 2 aliphatic rings. The van der Waals surface area contributed by atoms with Gasteiger partial charge in [-0.15, -0.1) is 0 Å². The van der Waals surface area contributed by atoms with Crippen molar-refractivity contribution < 1.29 is 19.4 Å². The Labute approximate surface area is 184 Å². The van der Waals surface area contributed by atoms with Crippen LogP contribution in [0.4, 0.5) is 0 Å². The summed E-state index contributed by atoms with van der Waals surface area (Å²) in [6.07, 6.45) is 0.716. The minimum absolute atomic E-state index is 0.101. The molecule has 5 rings (SSSR count). The van der Waals surface area contributed by atoms with Crippen LogP contribution in [0.1, 0.15) is 50.3 Å². The molecule has 3 aromatic rings. The molecule has 8 heteroatoms. The Balaban J connectivity index is 1.73. The summed E-state index contributed by atoms with van der Waals surface area (Å²) in [5.41, 5.74) is 6.55. The zero-order chi connectivity index (χ0) is 22.8. The van der Waals surface area contributed by atoms with Crippen molar-refractivity contribution in [2.24, 2.45) is 5.73 Å². The van der Waals surface area contributed by atoms with Crippen molar-refractivity contribution in [1.29, 1.82) is 0 Å². The lowest BCUT2D eigenvalue weighted by molar-refractivity contribution is -0.172. The Morgan fingerprint density at radius 1 is 1.31 bits per heavy atom. The van der Waals surface area contributed by atoms with Crippen molar-refractivity contribution in [3.8, 4) is 17.1 Å². The average Bonchev–Trinajstić information content (AvgIpc) is 3.13. The second kappa shape index (κ2) is 6.88. The summed E-state index contributed by atoms with van der Waals surface area (Å²) < 4.78 is 12.8. The Kier molecular flexibility index (Phi) is 4.44. The summed E-state index contributed by atoms with van der Waals surface area (Å²) in [4.78, 5) is 30.4. The minimum atomic E-state index is -1.85. The first-order chi connectivity index (χ1) is 15.2. The molecule has 8 nitrogen and oxygen atoms in total. The van der Waals surface area contributed by atoms with Gasteiger partial charge in [-0.2, -0.15) is 0 Å². The largest absolute Gasteiger partial charge is 0.471 e. The van der Waals surface area contributed by atoms with Gasteiger partial charge in [0.25, 0.3) is 5.56 Å². The van der Waals surface area contributed by atoms with Crippen molar-refractivity contribution in [3.05, 3.63) is 57.4 Å². The summed E-state index contributed by atoms with van der Waals surface area (Å²) in [5, 5.41) is 11.9. The van der Waals surface area contributed by atoms with Gasteiger partial charge in [-0.3, -0.25) is 10.5 Å². The number of fused-ring (bicyclic) bond motifs is 5. The number of hydrogen-bond acceptors (Lipinski definition) is 7. The van der Waals surface area contributed by atoms with Crippen LogP contribution in [0.2, 0.25) is 0 Å².